The molecule has 142 valence electrons. The first kappa shape index (κ1) is 18.0. The SMILES string of the molecule is CC(=O)c1ccc(N2CCN(c3nn4cc(C(C)(C)C)nc4s3)CC2)cc1. The number of anilines is 2. The third-order valence-corrected chi connectivity index (χ3v) is 5.97. The Morgan fingerprint density at radius 3 is 2.22 bits per heavy atom. The first-order valence-electron chi connectivity index (χ1n) is 9.29. The second kappa shape index (κ2) is 6.64. The molecule has 0 amide bonds. The quantitative estimate of drug-likeness (QED) is 0.647. The minimum absolute atomic E-state index is 0.0388. The van der Waals surface area contributed by atoms with Crippen molar-refractivity contribution in [3.63, 3.8) is 0 Å². The molecule has 0 radical (unpaired) electrons. The van der Waals surface area contributed by atoms with Crippen LogP contribution in [0.3, 0.4) is 0 Å². The molecule has 2 aromatic heterocycles. The van der Waals surface area contributed by atoms with Crippen molar-refractivity contribution in [2.45, 2.75) is 33.1 Å². The van der Waals surface area contributed by atoms with Crippen LogP contribution in [0.4, 0.5) is 10.8 Å². The van der Waals surface area contributed by atoms with Crippen LogP contribution in [0.2, 0.25) is 0 Å². The summed E-state index contributed by atoms with van der Waals surface area (Å²) in [7, 11) is 0. The molecule has 3 aromatic rings. The lowest BCUT2D eigenvalue weighted by Gasteiger charge is -2.35. The van der Waals surface area contributed by atoms with Crippen LogP contribution in [-0.4, -0.2) is 46.6 Å². The fraction of sp³-hybridized carbons (Fsp3) is 0.450. The van der Waals surface area contributed by atoms with Gasteiger partial charge in [0.15, 0.2) is 5.78 Å². The van der Waals surface area contributed by atoms with Crippen molar-refractivity contribution in [1.82, 2.24) is 14.6 Å². The minimum atomic E-state index is 0.0388. The molecule has 1 aromatic carbocycles. The fourth-order valence-electron chi connectivity index (χ4n) is 3.24. The number of carbonyl (C=O) groups is 1. The summed E-state index contributed by atoms with van der Waals surface area (Å²) in [6.07, 6.45) is 2.04. The van der Waals surface area contributed by atoms with Gasteiger partial charge in [-0.3, -0.25) is 4.79 Å². The van der Waals surface area contributed by atoms with Gasteiger partial charge in [0.05, 0.1) is 11.9 Å². The molecule has 0 bridgehead atoms. The highest BCUT2D eigenvalue weighted by atomic mass is 32.1. The highest BCUT2D eigenvalue weighted by Gasteiger charge is 2.23. The zero-order valence-electron chi connectivity index (χ0n) is 16.3. The van der Waals surface area contributed by atoms with Crippen LogP contribution in [0.25, 0.3) is 4.96 Å². The first-order chi connectivity index (χ1) is 12.8. The van der Waals surface area contributed by atoms with E-state index in [0.29, 0.717) is 0 Å². The molecule has 0 atom stereocenters. The number of rotatable bonds is 3. The van der Waals surface area contributed by atoms with E-state index in [2.05, 4.69) is 30.6 Å². The summed E-state index contributed by atoms with van der Waals surface area (Å²) in [4.78, 5) is 21.8. The summed E-state index contributed by atoms with van der Waals surface area (Å²) in [6.45, 7) is 11.8. The summed E-state index contributed by atoms with van der Waals surface area (Å²) in [5.41, 5.74) is 3.05. The number of Topliss-reactive ketones (excluding diaryl/α,β-unsaturated/α-hetero) is 1. The lowest BCUT2D eigenvalue weighted by atomic mass is 9.93. The van der Waals surface area contributed by atoms with E-state index in [1.165, 1.54) is 5.69 Å². The molecular weight excluding hydrogens is 358 g/mol. The number of benzene rings is 1. The Morgan fingerprint density at radius 2 is 1.67 bits per heavy atom. The number of hydrogen-bond acceptors (Lipinski definition) is 6. The number of ketones is 1. The Labute approximate surface area is 163 Å². The maximum atomic E-state index is 11.4. The standard InChI is InChI=1S/C20H25N5OS/c1-14(26)15-5-7-16(8-6-15)23-9-11-24(12-10-23)19-22-25-13-17(20(2,3)4)21-18(25)27-19/h5-8,13H,9-12H2,1-4H3. The zero-order chi connectivity index (χ0) is 19.2. The third kappa shape index (κ3) is 3.56. The number of piperazine rings is 1. The van der Waals surface area contributed by atoms with Crippen molar-refractivity contribution in [2.24, 2.45) is 0 Å². The lowest BCUT2D eigenvalue weighted by molar-refractivity contribution is 0.101. The zero-order valence-corrected chi connectivity index (χ0v) is 17.1. The molecule has 0 spiro atoms. The van der Waals surface area contributed by atoms with Gasteiger partial charge in [-0.1, -0.05) is 32.1 Å². The maximum absolute atomic E-state index is 11.4. The molecule has 1 saturated heterocycles. The molecule has 0 saturated carbocycles. The molecule has 0 N–H and O–H groups in total. The van der Waals surface area contributed by atoms with Crippen molar-refractivity contribution in [3.8, 4) is 0 Å². The van der Waals surface area contributed by atoms with Gasteiger partial charge in [-0.15, -0.1) is 5.10 Å². The topological polar surface area (TPSA) is 53.7 Å². The van der Waals surface area contributed by atoms with Gasteiger partial charge < -0.3 is 9.80 Å². The van der Waals surface area contributed by atoms with Gasteiger partial charge in [0.1, 0.15) is 0 Å². The number of fused-ring (bicyclic) bond motifs is 1. The van der Waals surface area contributed by atoms with Crippen LogP contribution < -0.4 is 9.80 Å². The van der Waals surface area contributed by atoms with Gasteiger partial charge in [0.25, 0.3) is 0 Å². The van der Waals surface area contributed by atoms with Crippen LogP contribution in [-0.2, 0) is 5.41 Å². The molecule has 6 nitrogen and oxygen atoms in total. The van der Waals surface area contributed by atoms with E-state index in [4.69, 9.17) is 10.1 Å². The Kier molecular flexibility index (Phi) is 4.42. The molecule has 0 aliphatic carbocycles. The van der Waals surface area contributed by atoms with Crippen molar-refractivity contribution < 1.29 is 4.79 Å². The molecular formula is C20H25N5OS. The predicted molar refractivity (Wildman–Crippen MR) is 110 cm³/mol. The summed E-state index contributed by atoms with van der Waals surface area (Å²) >= 11 is 1.65. The summed E-state index contributed by atoms with van der Waals surface area (Å²) in [5.74, 6) is 0.106. The van der Waals surface area contributed by atoms with Gasteiger partial charge in [-0.25, -0.2) is 9.50 Å². The largest absolute Gasteiger partial charge is 0.368 e. The van der Waals surface area contributed by atoms with Crippen LogP contribution >= 0.6 is 11.3 Å². The second-order valence-electron chi connectivity index (χ2n) is 8.07. The Morgan fingerprint density at radius 1 is 1.04 bits per heavy atom. The number of hydrogen-bond donors (Lipinski definition) is 0. The van der Waals surface area contributed by atoms with E-state index in [1.54, 1.807) is 18.3 Å². The number of imidazole rings is 1. The second-order valence-corrected chi connectivity index (χ2v) is 9.00. The van der Waals surface area contributed by atoms with E-state index in [1.807, 2.05) is 35.0 Å². The summed E-state index contributed by atoms with van der Waals surface area (Å²) in [5, 5.41) is 5.77. The van der Waals surface area contributed by atoms with Gasteiger partial charge in [-0.2, -0.15) is 0 Å². The van der Waals surface area contributed by atoms with Crippen molar-refractivity contribution in [3.05, 3.63) is 41.7 Å². The highest BCUT2D eigenvalue weighted by molar-refractivity contribution is 7.20. The molecule has 4 rings (SSSR count). The van der Waals surface area contributed by atoms with Gasteiger partial charge in [-0.05, 0) is 31.2 Å². The van der Waals surface area contributed by atoms with Crippen molar-refractivity contribution >= 4 is 32.9 Å². The van der Waals surface area contributed by atoms with Gasteiger partial charge >= 0.3 is 0 Å². The van der Waals surface area contributed by atoms with E-state index < -0.39 is 0 Å². The molecule has 3 heterocycles. The fourth-order valence-corrected chi connectivity index (χ4v) is 4.18. The molecule has 27 heavy (non-hydrogen) atoms. The lowest BCUT2D eigenvalue weighted by Crippen LogP contribution is -2.46. The van der Waals surface area contributed by atoms with Crippen molar-refractivity contribution in [2.75, 3.05) is 36.0 Å². The van der Waals surface area contributed by atoms with Crippen LogP contribution in [0.5, 0.6) is 0 Å². The van der Waals surface area contributed by atoms with E-state index in [-0.39, 0.29) is 11.2 Å². The number of nitrogens with zero attached hydrogens (tertiary/aromatic N) is 5. The summed E-state index contributed by atoms with van der Waals surface area (Å²) < 4.78 is 1.91. The van der Waals surface area contributed by atoms with E-state index in [0.717, 1.165) is 47.5 Å². The van der Waals surface area contributed by atoms with Crippen LogP contribution in [0.1, 0.15) is 43.7 Å². The van der Waals surface area contributed by atoms with E-state index >= 15 is 0 Å². The number of carbonyl (C=O) groups excluding carboxylic acids is 1. The maximum Gasteiger partial charge on any atom is 0.214 e. The molecule has 7 heteroatoms. The highest BCUT2D eigenvalue weighted by Crippen LogP contribution is 2.28. The normalized spacial score (nSPS) is 15.6. The Balaban J connectivity index is 1.43. The smallest absolute Gasteiger partial charge is 0.214 e. The monoisotopic (exact) mass is 383 g/mol. The van der Waals surface area contributed by atoms with E-state index in [9.17, 15) is 4.79 Å². The molecule has 1 aliphatic heterocycles. The Bertz CT molecular complexity index is 927. The van der Waals surface area contributed by atoms with Crippen LogP contribution in [0, 0.1) is 0 Å². The third-order valence-electron chi connectivity index (χ3n) is 4.99. The average molecular weight is 384 g/mol. The first-order valence-corrected chi connectivity index (χ1v) is 10.1. The molecule has 1 fully saturated rings. The predicted octanol–water partition coefficient (Wildman–Crippen LogP) is 3.62. The minimum Gasteiger partial charge on any atom is -0.368 e. The number of aromatic nitrogens is 3. The Hall–Kier alpha value is -2.41. The van der Waals surface area contributed by atoms with Crippen LogP contribution in [0.15, 0.2) is 30.5 Å². The average Bonchev–Trinajstić information content (AvgIpc) is 3.21. The summed E-state index contributed by atoms with van der Waals surface area (Å²) in [6, 6.07) is 7.90. The van der Waals surface area contributed by atoms with Crippen molar-refractivity contribution in [1.29, 1.82) is 0 Å². The molecule has 0 unspecified atom stereocenters. The molecule has 1 aliphatic rings. The van der Waals surface area contributed by atoms with Gasteiger partial charge in [0.2, 0.25) is 10.1 Å². The van der Waals surface area contributed by atoms with Gasteiger partial charge in [0, 0.05) is 42.8 Å².